The third-order valence-corrected chi connectivity index (χ3v) is 6.17. The zero-order chi connectivity index (χ0) is 24.1. The number of fused-ring (bicyclic) bond motifs is 1. The van der Waals surface area contributed by atoms with Gasteiger partial charge in [0.05, 0.1) is 11.1 Å². The molecule has 5 amide bonds. The number of nitrogens with zero attached hydrogens (tertiary/aromatic N) is 2. The molecule has 1 unspecified atom stereocenters. The van der Waals surface area contributed by atoms with Gasteiger partial charge in [0.25, 0.3) is 11.8 Å². The third-order valence-electron chi connectivity index (χ3n) is 6.17. The van der Waals surface area contributed by atoms with Crippen LogP contribution in [0.3, 0.4) is 0 Å². The zero-order valence-corrected chi connectivity index (χ0v) is 19.1. The second-order valence-corrected chi connectivity index (χ2v) is 9.73. The summed E-state index contributed by atoms with van der Waals surface area (Å²) >= 11 is 0. The monoisotopic (exact) mass is 456 g/mol. The highest BCUT2D eigenvalue weighted by Crippen LogP contribution is 2.35. The summed E-state index contributed by atoms with van der Waals surface area (Å²) < 4.78 is 5.41. The molecule has 1 aromatic carbocycles. The molecule has 10 nitrogen and oxygen atoms in total. The van der Waals surface area contributed by atoms with Crippen LogP contribution in [-0.4, -0.2) is 70.3 Å². The molecule has 1 atom stereocenters. The molecule has 176 valence electrons. The standard InChI is InChI=1S/C23H28N4O6/c1-23(2,3)33-22(32)26(4)13-10-12(11-13)24-15-7-5-6-14-18(15)21(31)27(20(14)30)16-8-9-17(28)25-19(16)29/h5-7,12-13,16,24H,8-11H2,1-4H3,(H,25,28,29). The number of anilines is 1. The van der Waals surface area contributed by atoms with Gasteiger partial charge in [0, 0.05) is 31.2 Å². The number of nitrogens with one attached hydrogen (secondary N) is 2. The van der Waals surface area contributed by atoms with Gasteiger partial charge in [-0.25, -0.2) is 4.79 Å². The molecule has 2 aliphatic heterocycles. The minimum atomic E-state index is -1.00. The van der Waals surface area contributed by atoms with E-state index in [0.717, 1.165) is 4.90 Å². The summed E-state index contributed by atoms with van der Waals surface area (Å²) in [4.78, 5) is 64.6. The molecule has 1 aromatic rings. The third kappa shape index (κ3) is 4.29. The van der Waals surface area contributed by atoms with Crippen molar-refractivity contribution in [1.82, 2.24) is 15.1 Å². The van der Waals surface area contributed by atoms with Gasteiger partial charge in [-0.1, -0.05) is 6.07 Å². The van der Waals surface area contributed by atoms with Crippen LogP contribution in [0.15, 0.2) is 18.2 Å². The van der Waals surface area contributed by atoms with Crippen LogP contribution in [0.5, 0.6) is 0 Å². The van der Waals surface area contributed by atoms with Crippen LogP contribution in [0.1, 0.15) is 67.2 Å². The summed E-state index contributed by atoms with van der Waals surface area (Å²) in [6.45, 7) is 5.45. The van der Waals surface area contributed by atoms with Gasteiger partial charge in [-0.3, -0.25) is 29.4 Å². The van der Waals surface area contributed by atoms with Crippen LogP contribution >= 0.6 is 0 Å². The summed E-state index contributed by atoms with van der Waals surface area (Å²) in [5, 5.41) is 5.51. The number of carbonyl (C=O) groups is 5. The number of carbonyl (C=O) groups excluding carboxylic acids is 5. The molecule has 10 heteroatoms. The van der Waals surface area contributed by atoms with Gasteiger partial charge in [0.2, 0.25) is 11.8 Å². The SMILES string of the molecule is CN(C(=O)OC(C)(C)C)C1CC(Nc2cccc3c2C(=O)N(C2CCC(=O)NC2=O)C3=O)C1. The van der Waals surface area contributed by atoms with Crippen LogP contribution in [0.4, 0.5) is 10.5 Å². The van der Waals surface area contributed by atoms with E-state index in [2.05, 4.69) is 10.6 Å². The molecule has 3 aliphatic rings. The lowest BCUT2D eigenvalue weighted by molar-refractivity contribution is -0.136. The molecule has 0 spiro atoms. The lowest BCUT2D eigenvalue weighted by Gasteiger charge is -2.42. The number of benzene rings is 1. The van der Waals surface area contributed by atoms with Crippen molar-refractivity contribution in [3.63, 3.8) is 0 Å². The van der Waals surface area contributed by atoms with E-state index < -0.39 is 35.3 Å². The van der Waals surface area contributed by atoms with Crippen LogP contribution in [0.2, 0.25) is 0 Å². The van der Waals surface area contributed by atoms with E-state index in [1.54, 1.807) is 30.1 Å². The molecule has 1 saturated carbocycles. The lowest BCUT2D eigenvalue weighted by atomic mass is 9.85. The average molecular weight is 456 g/mol. The van der Waals surface area contributed by atoms with Crippen LogP contribution in [0.25, 0.3) is 0 Å². The summed E-state index contributed by atoms with van der Waals surface area (Å²) in [6, 6.07) is 3.99. The largest absolute Gasteiger partial charge is 0.444 e. The molecule has 0 bridgehead atoms. The van der Waals surface area contributed by atoms with E-state index in [1.807, 2.05) is 20.8 Å². The highest BCUT2D eigenvalue weighted by atomic mass is 16.6. The predicted octanol–water partition coefficient (Wildman–Crippen LogP) is 1.90. The summed E-state index contributed by atoms with van der Waals surface area (Å²) in [7, 11) is 1.70. The Bertz CT molecular complexity index is 1040. The van der Waals surface area contributed by atoms with Crippen molar-refractivity contribution in [3.05, 3.63) is 29.3 Å². The number of hydrogen-bond donors (Lipinski definition) is 2. The van der Waals surface area contributed by atoms with Crippen LogP contribution < -0.4 is 10.6 Å². The first-order chi connectivity index (χ1) is 15.5. The lowest BCUT2D eigenvalue weighted by Crippen LogP contribution is -2.54. The number of rotatable bonds is 4. The summed E-state index contributed by atoms with van der Waals surface area (Å²) in [5.74, 6) is -2.13. The predicted molar refractivity (Wildman–Crippen MR) is 118 cm³/mol. The van der Waals surface area contributed by atoms with Gasteiger partial charge in [-0.2, -0.15) is 0 Å². The highest BCUT2D eigenvalue weighted by molar-refractivity contribution is 6.25. The maximum Gasteiger partial charge on any atom is 0.410 e. The Morgan fingerprint density at radius 2 is 1.85 bits per heavy atom. The Morgan fingerprint density at radius 1 is 1.15 bits per heavy atom. The number of amides is 5. The Labute approximate surface area is 191 Å². The van der Waals surface area contributed by atoms with Gasteiger partial charge in [-0.15, -0.1) is 0 Å². The molecule has 2 N–H and O–H groups in total. The molecule has 0 radical (unpaired) electrons. The number of ether oxygens (including phenoxy) is 1. The highest BCUT2D eigenvalue weighted by Gasteiger charge is 2.46. The second kappa shape index (κ2) is 8.17. The van der Waals surface area contributed by atoms with Crippen molar-refractivity contribution < 1.29 is 28.7 Å². The molecule has 33 heavy (non-hydrogen) atoms. The Balaban J connectivity index is 1.44. The normalized spacial score (nSPS) is 24.7. The Hall–Kier alpha value is -3.43. The minimum Gasteiger partial charge on any atom is -0.444 e. The zero-order valence-electron chi connectivity index (χ0n) is 19.1. The molecule has 0 aromatic heterocycles. The maximum absolute atomic E-state index is 13.2. The fourth-order valence-corrected chi connectivity index (χ4v) is 4.36. The van der Waals surface area contributed by atoms with Crippen LogP contribution in [0, 0.1) is 0 Å². The quantitative estimate of drug-likeness (QED) is 0.663. The first-order valence-corrected chi connectivity index (χ1v) is 11.0. The van der Waals surface area contributed by atoms with E-state index in [9.17, 15) is 24.0 Å². The topological polar surface area (TPSA) is 125 Å². The van der Waals surface area contributed by atoms with Gasteiger partial charge in [0.1, 0.15) is 11.6 Å². The van der Waals surface area contributed by atoms with Gasteiger partial charge < -0.3 is 15.0 Å². The van der Waals surface area contributed by atoms with Crippen molar-refractivity contribution in [1.29, 1.82) is 0 Å². The second-order valence-electron chi connectivity index (χ2n) is 9.73. The molecule has 1 saturated heterocycles. The molecule has 2 heterocycles. The van der Waals surface area contributed by atoms with Gasteiger partial charge in [0.15, 0.2) is 0 Å². The number of imide groups is 2. The van der Waals surface area contributed by atoms with Crippen molar-refractivity contribution in [2.24, 2.45) is 0 Å². The average Bonchev–Trinajstić information content (AvgIpc) is 2.94. The summed E-state index contributed by atoms with van der Waals surface area (Å²) in [6.07, 6.45) is 1.13. The van der Waals surface area contributed by atoms with E-state index in [-0.39, 0.29) is 42.1 Å². The van der Waals surface area contributed by atoms with Crippen molar-refractivity contribution >= 4 is 35.4 Å². The molecule has 4 rings (SSSR count). The van der Waals surface area contributed by atoms with E-state index in [1.165, 1.54) is 0 Å². The minimum absolute atomic E-state index is 0.00594. The Morgan fingerprint density at radius 3 is 2.48 bits per heavy atom. The van der Waals surface area contributed by atoms with E-state index in [4.69, 9.17) is 4.74 Å². The van der Waals surface area contributed by atoms with Crippen LogP contribution in [-0.2, 0) is 14.3 Å². The summed E-state index contributed by atoms with van der Waals surface area (Å²) in [5.41, 5.74) is 0.412. The van der Waals surface area contributed by atoms with Gasteiger partial charge >= 0.3 is 6.09 Å². The molecule has 2 fully saturated rings. The molecular formula is C23H28N4O6. The number of piperidine rings is 1. The van der Waals surface area contributed by atoms with Gasteiger partial charge in [-0.05, 0) is 52.2 Å². The maximum atomic E-state index is 13.2. The number of hydrogen-bond acceptors (Lipinski definition) is 7. The van der Waals surface area contributed by atoms with Crippen molar-refractivity contribution in [3.8, 4) is 0 Å². The fourth-order valence-electron chi connectivity index (χ4n) is 4.36. The first-order valence-electron chi connectivity index (χ1n) is 11.0. The fraction of sp³-hybridized carbons (Fsp3) is 0.522. The van der Waals surface area contributed by atoms with Crippen molar-refractivity contribution in [2.45, 2.75) is 70.2 Å². The smallest absolute Gasteiger partial charge is 0.410 e. The van der Waals surface area contributed by atoms with E-state index in [0.29, 0.717) is 18.5 Å². The van der Waals surface area contributed by atoms with E-state index >= 15 is 0 Å². The van der Waals surface area contributed by atoms with Crippen molar-refractivity contribution in [2.75, 3.05) is 12.4 Å². The molecule has 1 aliphatic carbocycles. The first kappa shape index (κ1) is 22.8. The Kier molecular flexibility index (Phi) is 5.63. The molecular weight excluding hydrogens is 428 g/mol.